The van der Waals surface area contributed by atoms with Gasteiger partial charge in [-0.15, -0.1) is 5.10 Å². The molecule has 1 N–H and O–H groups in total. The first-order valence-corrected chi connectivity index (χ1v) is 9.47. The van der Waals surface area contributed by atoms with Gasteiger partial charge in [0.2, 0.25) is 0 Å². The Morgan fingerprint density at radius 1 is 1.35 bits per heavy atom. The maximum Gasteiger partial charge on any atom is 0.267 e. The van der Waals surface area contributed by atoms with Crippen molar-refractivity contribution in [2.75, 3.05) is 6.54 Å². The van der Waals surface area contributed by atoms with Crippen molar-refractivity contribution in [1.82, 2.24) is 24.5 Å². The minimum atomic E-state index is -0.251. The number of nitrogens with zero attached hydrogens (tertiary/aromatic N) is 4. The van der Waals surface area contributed by atoms with Crippen molar-refractivity contribution in [1.29, 1.82) is 0 Å². The van der Waals surface area contributed by atoms with Crippen LogP contribution in [0.2, 0.25) is 5.02 Å². The molecule has 0 radical (unpaired) electrons. The number of nitrogens with one attached hydrogen (secondary N) is 1. The molecule has 3 rings (SSSR count). The van der Waals surface area contributed by atoms with Crippen LogP contribution in [0.1, 0.15) is 41.5 Å². The molecule has 0 spiro atoms. The average Bonchev–Trinajstić information content (AvgIpc) is 3.09. The molecule has 2 aromatic heterocycles. The maximum absolute atomic E-state index is 12.9. The van der Waals surface area contributed by atoms with Crippen molar-refractivity contribution in [3.8, 4) is 0 Å². The van der Waals surface area contributed by atoms with Gasteiger partial charge in [0.05, 0.1) is 23.1 Å². The van der Waals surface area contributed by atoms with E-state index in [1.165, 1.54) is 0 Å². The lowest BCUT2D eigenvalue weighted by Crippen LogP contribution is -2.33. The lowest BCUT2D eigenvalue weighted by molar-refractivity contribution is 0.0742. The Morgan fingerprint density at radius 3 is 2.88 bits per heavy atom. The van der Waals surface area contributed by atoms with Gasteiger partial charge in [0.15, 0.2) is 0 Å². The number of rotatable bonds is 6. The second kappa shape index (κ2) is 7.92. The molecule has 1 aromatic carbocycles. The fourth-order valence-electron chi connectivity index (χ4n) is 2.69. The third-order valence-electron chi connectivity index (χ3n) is 3.92. The van der Waals surface area contributed by atoms with E-state index < -0.39 is 0 Å². The summed E-state index contributed by atoms with van der Waals surface area (Å²) in [5, 5.41) is 4.97. The van der Waals surface area contributed by atoms with Gasteiger partial charge in [-0.3, -0.25) is 9.59 Å². The van der Waals surface area contributed by atoms with Crippen molar-refractivity contribution >= 4 is 39.9 Å². The number of hydrogen-bond donors (Lipinski definition) is 1. The zero-order chi connectivity index (χ0) is 18.7. The summed E-state index contributed by atoms with van der Waals surface area (Å²) in [5.74, 6) is 0.273. The number of fused-ring (bicyclic) bond motifs is 1. The van der Waals surface area contributed by atoms with Gasteiger partial charge in [-0.05, 0) is 42.6 Å². The van der Waals surface area contributed by atoms with Gasteiger partial charge in [-0.25, -0.2) is 4.98 Å². The highest BCUT2D eigenvalue weighted by Gasteiger charge is 2.22. The van der Waals surface area contributed by atoms with Crippen LogP contribution in [-0.4, -0.2) is 36.9 Å². The molecular weight excluding hydrogens is 374 g/mol. The summed E-state index contributed by atoms with van der Waals surface area (Å²) in [6.07, 6.45) is 1.42. The fraction of sp³-hybridized carbons (Fsp3) is 0.353. The first-order valence-electron chi connectivity index (χ1n) is 8.32. The molecule has 0 unspecified atom stereocenters. The van der Waals surface area contributed by atoms with E-state index in [2.05, 4.69) is 19.6 Å². The molecule has 2 heterocycles. The fourth-order valence-corrected chi connectivity index (χ4v) is 3.57. The molecule has 0 bridgehead atoms. The molecule has 1 amide bonds. The molecule has 0 saturated heterocycles. The van der Waals surface area contributed by atoms with Crippen LogP contribution in [-0.2, 0) is 13.0 Å². The predicted molar refractivity (Wildman–Crippen MR) is 102 cm³/mol. The van der Waals surface area contributed by atoms with Crippen LogP contribution in [0.3, 0.4) is 0 Å². The maximum atomic E-state index is 12.9. The molecule has 7 nitrogen and oxygen atoms in total. The highest BCUT2D eigenvalue weighted by Crippen LogP contribution is 2.18. The number of hydrogen-bond acceptors (Lipinski definition) is 6. The van der Waals surface area contributed by atoms with E-state index in [1.54, 1.807) is 23.1 Å². The number of aromatic amines is 1. The molecule has 0 fully saturated rings. The first kappa shape index (κ1) is 18.5. The molecule has 3 aromatic rings. The Bertz CT molecular complexity index is 1000. The van der Waals surface area contributed by atoms with Crippen LogP contribution in [0.25, 0.3) is 10.9 Å². The van der Waals surface area contributed by atoms with Gasteiger partial charge < -0.3 is 9.88 Å². The Morgan fingerprint density at radius 2 is 2.15 bits per heavy atom. The summed E-state index contributed by atoms with van der Waals surface area (Å²) in [4.78, 5) is 34.6. The Kier molecular flexibility index (Phi) is 5.63. The van der Waals surface area contributed by atoms with Crippen LogP contribution in [0, 0.1) is 0 Å². The number of carbonyl (C=O) groups is 1. The SMILES string of the molecule is CCCN(Cc1nc2cc(Cl)ccc2c(=O)[nH]1)C(=O)c1snnc1CC. The number of carbonyl (C=O) groups excluding carboxylic acids is 1. The summed E-state index contributed by atoms with van der Waals surface area (Å²) >= 11 is 7.09. The van der Waals surface area contributed by atoms with Crippen molar-refractivity contribution < 1.29 is 4.79 Å². The topological polar surface area (TPSA) is 91.8 Å². The second-order valence-electron chi connectivity index (χ2n) is 5.80. The van der Waals surface area contributed by atoms with Gasteiger partial charge in [-0.1, -0.05) is 29.9 Å². The molecular formula is C17H18ClN5O2S. The van der Waals surface area contributed by atoms with Gasteiger partial charge in [-0.2, -0.15) is 0 Å². The molecule has 136 valence electrons. The largest absolute Gasteiger partial charge is 0.330 e. The van der Waals surface area contributed by atoms with E-state index in [-0.39, 0.29) is 18.0 Å². The number of amides is 1. The van der Waals surface area contributed by atoms with Gasteiger partial charge >= 0.3 is 0 Å². The third kappa shape index (κ3) is 3.76. The van der Waals surface area contributed by atoms with Crippen molar-refractivity contribution in [2.45, 2.75) is 33.2 Å². The average molecular weight is 392 g/mol. The Balaban J connectivity index is 1.94. The number of halogens is 1. The van der Waals surface area contributed by atoms with Gasteiger partial charge in [0.25, 0.3) is 11.5 Å². The number of benzene rings is 1. The minimum absolute atomic E-state index is 0.146. The van der Waals surface area contributed by atoms with Crippen LogP contribution in [0.5, 0.6) is 0 Å². The highest BCUT2D eigenvalue weighted by atomic mass is 35.5. The smallest absolute Gasteiger partial charge is 0.267 e. The third-order valence-corrected chi connectivity index (χ3v) is 4.92. The highest BCUT2D eigenvalue weighted by molar-refractivity contribution is 7.08. The summed E-state index contributed by atoms with van der Waals surface area (Å²) in [6, 6.07) is 4.93. The molecule has 0 atom stereocenters. The van der Waals surface area contributed by atoms with Gasteiger partial charge in [0.1, 0.15) is 10.7 Å². The van der Waals surface area contributed by atoms with Crippen LogP contribution < -0.4 is 5.56 Å². The predicted octanol–water partition coefficient (Wildman–Crippen LogP) is 3.04. The second-order valence-corrected chi connectivity index (χ2v) is 6.99. The van der Waals surface area contributed by atoms with Crippen LogP contribution in [0.4, 0.5) is 0 Å². The molecule has 0 aliphatic rings. The van der Waals surface area contributed by atoms with Crippen molar-refractivity contribution in [2.24, 2.45) is 0 Å². The molecule has 9 heteroatoms. The quantitative estimate of drug-likeness (QED) is 0.697. The number of aromatic nitrogens is 4. The summed E-state index contributed by atoms with van der Waals surface area (Å²) < 4.78 is 3.88. The van der Waals surface area contributed by atoms with Crippen molar-refractivity contribution in [3.63, 3.8) is 0 Å². The normalized spacial score (nSPS) is 11.0. The van der Waals surface area contributed by atoms with E-state index in [0.29, 0.717) is 45.3 Å². The minimum Gasteiger partial charge on any atom is -0.330 e. The zero-order valence-corrected chi connectivity index (χ0v) is 16.0. The van der Waals surface area contributed by atoms with Crippen molar-refractivity contribution in [3.05, 3.63) is 50.0 Å². The standard InChI is InChI=1S/C17H18ClN5O2S/c1-3-7-23(17(25)15-12(4-2)21-22-26-15)9-14-19-13-8-10(18)5-6-11(13)16(24)20-14/h5-6,8H,3-4,7,9H2,1-2H3,(H,19,20,24). The van der Waals surface area contributed by atoms with E-state index in [4.69, 9.17) is 11.6 Å². The molecule has 0 aliphatic carbocycles. The van der Waals surface area contributed by atoms with E-state index >= 15 is 0 Å². The number of aryl methyl sites for hydroxylation is 1. The van der Waals surface area contributed by atoms with Gasteiger partial charge in [0, 0.05) is 11.6 Å². The summed E-state index contributed by atoms with van der Waals surface area (Å²) in [5.41, 5.74) is 0.945. The molecule has 26 heavy (non-hydrogen) atoms. The molecule has 0 aliphatic heterocycles. The van der Waals surface area contributed by atoms with Crippen LogP contribution >= 0.6 is 23.1 Å². The van der Waals surface area contributed by atoms with E-state index in [9.17, 15) is 9.59 Å². The monoisotopic (exact) mass is 391 g/mol. The van der Waals surface area contributed by atoms with E-state index in [0.717, 1.165) is 18.0 Å². The van der Waals surface area contributed by atoms with E-state index in [1.807, 2.05) is 13.8 Å². The Labute approximate surface area is 159 Å². The first-order chi connectivity index (χ1) is 12.5. The number of H-pyrrole nitrogens is 1. The summed E-state index contributed by atoms with van der Waals surface area (Å²) in [7, 11) is 0. The Hall–Kier alpha value is -2.32. The molecule has 0 saturated carbocycles. The summed E-state index contributed by atoms with van der Waals surface area (Å²) in [6.45, 7) is 4.66. The lowest BCUT2D eigenvalue weighted by atomic mass is 10.2. The van der Waals surface area contributed by atoms with Crippen LogP contribution in [0.15, 0.2) is 23.0 Å². The zero-order valence-electron chi connectivity index (χ0n) is 14.5. The lowest BCUT2D eigenvalue weighted by Gasteiger charge is -2.21.